The van der Waals surface area contributed by atoms with Gasteiger partial charge in [0.25, 0.3) is 11.4 Å². The second-order valence-electron chi connectivity index (χ2n) is 5.95. The molecule has 142 valence electrons. The molecule has 0 saturated carbocycles. The summed E-state index contributed by atoms with van der Waals surface area (Å²) in [6.45, 7) is 3.40. The summed E-state index contributed by atoms with van der Waals surface area (Å²) in [5.41, 5.74) is -1.17. The van der Waals surface area contributed by atoms with Crippen LogP contribution in [0, 0.1) is 20.2 Å². The molecule has 0 amide bonds. The van der Waals surface area contributed by atoms with Gasteiger partial charge in [-0.3, -0.25) is 20.2 Å². The number of carbonyl (C=O) groups is 1. The van der Waals surface area contributed by atoms with E-state index in [0.29, 0.717) is 19.7 Å². The fourth-order valence-electron chi connectivity index (χ4n) is 3.01. The van der Waals surface area contributed by atoms with Crippen molar-refractivity contribution in [1.29, 1.82) is 0 Å². The van der Waals surface area contributed by atoms with Crippen molar-refractivity contribution in [3.63, 3.8) is 0 Å². The molecule has 1 saturated heterocycles. The van der Waals surface area contributed by atoms with Crippen molar-refractivity contribution in [3.8, 4) is 0 Å². The minimum atomic E-state index is -0.858. The fraction of sp³-hybridized carbons (Fsp3) is 0.562. The van der Waals surface area contributed by atoms with Gasteiger partial charge in [0, 0.05) is 25.8 Å². The van der Waals surface area contributed by atoms with E-state index in [1.807, 2.05) is 6.92 Å². The van der Waals surface area contributed by atoms with E-state index in [4.69, 9.17) is 4.74 Å². The van der Waals surface area contributed by atoms with Crippen LogP contribution in [0.25, 0.3) is 0 Å². The first-order chi connectivity index (χ1) is 12.4. The Hall–Kier alpha value is -2.75. The molecule has 1 heterocycles. The summed E-state index contributed by atoms with van der Waals surface area (Å²) in [5, 5.41) is 22.6. The van der Waals surface area contributed by atoms with E-state index in [2.05, 4.69) is 4.74 Å². The summed E-state index contributed by atoms with van der Waals surface area (Å²) in [5.74, 6) is -0.858. The largest absolute Gasteiger partial charge is 0.465 e. The van der Waals surface area contributed by atoms with Crippen LogP contribution in [0.4, 0.5) is 17.1 Å². The topological polar surface area (TPSA) is 125 Å². The van der Waals surface area contributed by atoms with E-state index in [0.717, 1.165) is 38.5 Å². The zero-order chi connectivity index (χ0) is 19.3. The van der Waals surface area contributed by atoms with Crippen LogP contribution < -0.4 is 4.90 Å². The van der Waals surface area contributed by atoms with Crippen LogP contribution in [0.1, 0.15) is 36.5 Å². The first kappa shape index (κ1) is 19.6. The van der Waals surface area contributed by atoms with E-state index < -0.39 is 27.2 Å². The molecule has 0 radical (unpaired) electrons. The average Bonchev–Trinajstić information content (AvgIpc) is 2.64. The molecular weight excluding hydrogens is 346 g/mol. The van der Waals surface area contributed by atoms with Crippen molar-refractivity contribution in [3.05, 3.63) is 37.9 Å². The standard InChI is InChI=1S/C16H21N3O7/c1-3-7-26-12-5-4-6-17(10-12)15-13(16(20)25-2)8-11(18(21)22)9-14(15)19(23)24/h8-9,12H,3-7,10H2,1-2H3. The smallest absolute Gasteiger partial charge is 0.340 e. The fourth-order valence-corrected chi connectivity index (χ4v) is 3.01. The molecule has 0 bridgehead atoms. The van der Waals surface area contributed by atoms with Gasteiger partial charge in [0.15, 0.2) is 0 Å². The van der Waals surface area contributed by atoms with Crippen LogP contribution in [0.3, 0.4) is 0 Å². The highest BCUT2D eigenvalue weighted by Gasteiger charge is 2.33. The van der Waals surface area contributed by atoms with Crippen molar-refractivity contribution >= 4 is 23.0 Å². The Morgan fingerprint density at radius 3 is 2.62 bits per heavy atom. The Morgan fingerprint density at radius 2 is 2.04 bits per heavy atom. The Morgan fingerprint density at radius 1 is 1.31 bits per heavy atom. The number of nitrogens with zero attached hydrogens (tertiary/aromatic N) is 3. The summed E-state index contributed by atoms with van der Waals surface area (Å²) in [7, 11) is 1.13. The molecule has 1 unspecified atom stereocenters. The van der Waals surface area contributed by atoms with Gasteiger partial charge in [0.1, 0.15) is 5.69 Å². The molecule has 1 atom stereocenters. The molecule has 26 heavy (non-hydrogen) atoms. The number of benzene rings is 1. The predicted molar refractivity (Wildman–Crippen MR) is 92.6 cm³/mol. The third-order valence-electron chi connectivity index (χ3n) is 4.14. The van der Waals surface area contributed by atoms with Gasteiger partial charge < -0.3 is 14.4 Å². The maximum atomic E-state index is 12.2. The second-order valence-corrected chi connectivity index (χ2v) is 5.95. The predicted octanol–water partition coefficient (Wildman–Crippen LogP) is 2.69. The van der Waals surface area contributed by atoms with Crippen molar-refractivity contribution in [2.75, 3.05) is 31.7 Å². The molecule has 0 aromatic heterocycles. The SMILES string of the molecule is CCCOC1CCCN(c2c(C(=O)OC)cc([N+](=O)[O-])cc2[N+](=O)[O-])C1. The number of hydrogen-bond acceptors (Lipinski definition) is 8. The minimum absolute atomic E-state index is 0.0391. The molecule has 10 nitrogen and oxygen atoms in total. The maximum absolute atomic E-state index is 12.2. The van der Waals surface area contributed by atoms with Gasteiger partial charge in [-0.1, -0.05) is 6.92 Å². The number of methoxy groups -OCH3 is 1. The highest BCUT2D eigenvalue weighted by molar-refractivity contribution is 5.99. The Bertz CT molecular complexity index is 707. The highest BCUT2D eigenvalue weighted by Crippen LogP contribution is 2.38. The van der Waals surface area contributed by atoms with Gasteiger partial charge in [-0.05, 0) is 19.3 Å². The molecule has 1 aliphatic rings. The number of nitro benzene ring substituents is 2. The minimum Gasteiger partial charge on any atom is -0.465 e. The first-order valence-electron chi connectivity index (χ1n) is 8.30. The molecule has 2 rings (SSSR count). The van der Waals surface area contributed by atoms with Gasteiger partial charge in [-0.15, -0.1) is 0 Å². The van der Waals surface area contributed by atoms with Crippen molar-refractivity contribution in [2.24, 2.45) is 0 Å². The molecule has 0 spiro atoms. The molecule has 1 aromatic rings. The summed E-state index contributed by atoms with van der Waals surface area (Å²) >= 11 is 0. The summed E-state index contributed by atoms with van der Waals surface area (Å²) < 4.78 is 10.4. The number of esters is 1. The number of non-ortho nitro benzene ring substituents is 1. The number of hydrogen-bond donors (Lipinski definition) is 0. The van der Waals surface area contributed by atoms with Crippen molar-refractivity contribution in [2.45, 2.75) is 32.3 Å². The molecule has 1 fully saturated rings. The lowest BCUT2D eigenvalue weighted by molar-refractivity contribution is -0.393. The third-order valence-corrected chi connectivity index (χ3v) is 4.14. The molecular formula is C16H21N3O7. The number of anilines is 1. The highest BCUT2D eigenvalue weighted by atomic mass is 16.6. The number of rotatable bonds is 7. The molecule has 0 N–H and O–H groups in total. The van der Waals surface area contributed by atoms with Crippen LogP contribution in [0.5, 0.6) is 0 Å². The van der Waals surface area contributed by atoms with Gasteiger partial charge in [0.2, 0.25) is 0 Å². The lowest BCUT2D eigenvalue weighted by Crippen LogP contribution is -2.41. The third kappa shape index (κ3) is 4.26. The number of nitro groups is 2. The first-order valence-corrected chi connectivity index (χ1v) is 8.30. The lowest BCUT2D eigenvalue weighted by atomic mass is 10.0. The van der Waals surface area contributed by atoms with Crippen LogP contribution in [0.15, 0.2) is 12.1 Å². The van der Waals surface area contributed by atoms with Gasteiger partial charge >= 0.3 is 5.97 Å². The Kier molecular flexibility index (Phi) is 6.45. The number of carbonyl (C=O) groups excluding carboxylic acids is 1. The zero-order valence-electron chi connectivity index (χ0n) is 14.7. The monoisotopic (exact) mass is 367 g/mol. The molecule has 10 heteroatoms. The summed E-state index contributed by atoms with van der Waals surface area (Å²) in [4.78, 5) is 35.0. The van der Waals surface area contributed by atoms with E-state index in [1.54, 1.807) is 4.90 Å². The lowest BCUT2D eigenvalue weighted by Gasteiger charge is -2.34. The van der Waals surface area contributed by atoms with Gasteiger partial charge in [0.05, 0.1) is 34.7 Å². The van der Waals surface area contributed by atoms with E-state index in [9.17, 15) is 25.0 Å². The van der Waals surface area contributed by atoms with Crippen molar-refractivity contribution < 1.29 is 24.1 Å². The van der Waals surface area contributed by atoms with E-state index in [-0.39, 0.29) is 17.4 Å². The summed E-state index contributed by atoms with van der Waals surface area (Å²) in [6, 6.07) is 1.89. The number of ether oxygens (including phenoxy) is 2. The molecule has 1 aliphatic heterocycles. The van der Waals surface area contributed by atoms with E-state index in [1.165, 1.54) is 0 Å². The molecule has 0 aliphatic carbocycles. The van der Waals surface area contributed by atoms with Gasteiger partial charge in [-0.2, -0.15) is 0 Å². The quantitative estimate of drug-likeness (QED) is 0.409. The van der Waals surface area contributed by atoms with E-state index >= 15 is 0 Å². The van der Waals surface area contributed by atoms with Gasteiger partial charge in [-0.25, -0.2) is 4.79 Å². The number of piperidine rings is 1. The van der Waals surface area contributed by atoms with Crippen LogP contribution in [0.2, 0.25) is 0 Å². The normalized spacial score (nSPS) is 17.0. The average molecular weight is 367 g/mol. The zero-order valence-corrected chi connectivity index (χ0v) is 14.7. The Labute approximate surface area is 150 Å². The Balaban J connectivity index is 2.52. The summed E-state index contributed by atoms with van der Waals surface area (Å²) in [6.07, 6.45) is 2.26. The van der Waals surface area contributed by atoms with Crippen molar-refractivity contribution in [1.82, 2.24) is 0 Å². The van der Waals surface area contributed by atoms with Crippen LogP contribution in [-0.2, 0) is 9.47 Å². The van der Waals surface area contributed by atoms with Crippen LogP contribution >= 0.6 is 0 Å². The second kappa shape index (κ2) is 8.56. The maximum Gasteiger partial charge on any atom is 0.340 e. The van der Waals surface area contributed by atoms with Crippen LogP contribution in [-0.4, -0.2) is 48.7 Å². The molecule has 1 aromatic carbocycles.